The summed E-state index contributed by atoms with van der Waals surface area (Å²) in [4.78, 5) is 42.1. The fourth-order valence-electron chi connectivity index (χ4n) is 4.38. The molecule has 2 atom stereocenters. The smallest absolute Gasteiger partial charge is 0.408 e. The maximum atomic E-state index is 14.2. The molecule has 0 heterocycles. The van der Waals surface area contributed by atoms with Crippen LogP contribution < -0.4 is 10.6 Å². The van der Waals surface area contributed by atoms with Gasteiger partial charge in [-0.1, -0.05) is 75.8 Å². The molecule has 0 radical (unpaired) electrons. The molecule has 2 unspecified atom stereocenters. The van der Waals surface area contributed by atoms with Gasteiger partial charge in [-0.3, -0.25) is 9.59 Å². The predicted molar refractivity (Wildman–Crippen MR) is 150 cm³/mol. The first-order valence-corrected chi connectivity index (χ1v) is 13.8. The minimum atomic E-state index is -0.828. The highest BCUT2D eigenvalue weighted by Crippen LogP contribution is 2.27. The van der Waals surface area contributed by atoms with Crippen LogP contribution in [0.15, 0.2) is 18.2 Å². The third-order valence-corrected chi connectivity index (χ3v) is 5.94. The van der Waals surface area contributed by atoms with Crippen LogP contribution in [-0.4, -0.2) is 47.0 Å². The van der Waals surface area contributed by atoms with Crippen LogP contribution in [0.5, 0.6) is 0 Å². The molecule has 1 aromatic rings. The molecular formula is C30H51N3O4. The third-order valence-electron chi connectivity index (χ3n) is 5.94. The number of nitrogens with one attached hydrogen (secondary N) is 2. The van der Waals surface area contributed by atoms with Crippen LogP contribution in [0.4, 0.5) is 4.79 Å². The first kappa shape index (κ1) is 32.5. The van der Waals surface area contributed by atoms with Gasteiger partial charge in [0.05, 0.1) is 0 Å². The Morgan fingerprint density at radius 2 is 1.46 bits per heavy atom. The van der Waals surface area contributed by atoms with Gasteiger partial charge in [-0.25, -0.2) is 4.79 Å². The van der Waals surface area contributed by atoms with E-state index in [0.29, 0.717) is 6.54 Å². The number of hydrogen-bond acceptors (Lipinski definition) is 4. The second-order valence-electron chi connectivity index (χ2n) is 11.8. The number of carbonyl (C=O) groups excluding carboxylic acids is 3. The number of amides is 3. The van der Waals surface area contributed by atoms with E-state index in [9.17, 15) is 14.4 Å². The van der Waals surface area contributed by atoms with Crippen molar-refractivity contribution in [2.75, 3.05) is 6.54 Å². The minimum Gasteiger partial charge on any atom is -0.444 e. The number of benzene rings is 1. The molecule has 0 spiro atoms. The maximum Gasteiger partial charge on any atom is 0.408 e. The second kappa shape index (κ2) is 15.0. The molecule has 0 aromatic heterocycles. The highest BCUT2D eigenvalue weighted by atomic mass is 16.6. The molecule has 0 bridgehead atoms. The van der Waals surface area contributed by atoms with E-state index in [1.165, 1.54) is 0 Å². The van der Waals surface area contributed by atoms with Gasteiger partial charge in [0.1, 0.15) is 17.7 Å². The van der Waals surface area contributed by atoms with Crippen molar-refractivity contribution in [1.29, 1.82) is 0 Å². The van der Waals surface area contributed by atoms with Crippen LogP contribution in [-0.2, 0) is 14.3 Å². The van der Waals surface area contributed by atoms with Crippen molar-refractivity contribution in [1.82, 2.24) is 15.5 Å². The Balaban J connectivity index is 3.49. The third kappa shape index (κ3) is 11.6. The number of alkyl carbamates (subject to hydrolysis) is 1. The zero-order valence-corrected chi connectivity index (χ0v) is 24.9. The Kier molecular flexibility index (Phi) is 13.2. The predicted octanol–water partition coefficient (Wildman–Crippen LogP) is 6.22. The van der Waals surface area contributed by atoms with Gasteiger partial charge in [0, 0.05) is 12.6 Å². The van der Waals surface area contributed by atoms with E-state index in [4.69, 9.17) is 4.74 Å². The molecule has 7 heteroatoms. The van der Waals surface area contributed by atoms with E-state index in [1.807, 2.05) is 53.7 Å². The van der Waals surface area contributed by atoms with Gasteiger partial charge in [0.2, 0.25) is 11.8 Å². The number of unbranched alkanes of at least 4 members (excludes halogenated alkanes) is 4. The van der Waals surface area contributed by atoms with Crippen LogP contribution >= 0.6 is 0 Å². The molecule has 0 saturated carbocycles. The molecule has 0 fully saturated rings. The van der Waals surface area contributed by atoms with E-state index in [2.05, 4.69) is 23.6 Å². The van der Waals surface area contributed by atoms with E-state index < -0.39 is 23.8 Å². The Morgan fingerprint density at radius 1 is 0.892 bits per heavy atom. The fourth-order valence-corrected chi connectivity index (χ4v) is 4.38. The summed E-state index contributed by atoms with van der Waals surface area (Å²) in [6.45, 7) is 19.5. The summed E-state index contributed by atoms with van der Waals surface area (Å²) in [6.07, 6.45) is 4.44. The molecule has 1 aromatic carbocycles. The van der Waals surface area contributed by atoms with Crippen molar-refractivity contribution in [2.45, 2.75) is 125 Å². The Bertz CT molecular complexity index is 869. The molecule has 0 aliphatic heterocycles. The SMILES string of the molecule is CCCCCCCN(C(=O)C(NC(=O)OC(C)(C)C)C(C)C)C(C(=O)NC(C)C)c1cc(C)cc(C)c1. The summed E-state index contributed by atoms with van der Waals surface area (Å²) in [5.41, 5.74) is 2.14. The topological polar surface area (TPSA) is 87.7 Å². The quantitative estimate of drug-likeness (QED) is 0.304. The monoisotopic (exact) mass is 517 g/mol. The standard InChI is InChI=1S/C30H51N3O4/c1-11-12-13-14-15-16-33(28(35)25(20(2)3)32-29(36)37-30(8,9)10)26(27(34)31-21(4)5)24-18-22(6)17-23(7)19-24/h17-21,25-26H,11-16H2,1-10H3,(H,31,34)(H,32,36). The summed E-state index contributed by atoms with van der Waals surface area (Å²) < 4.78 is 5.45. The van der Waals surface area contributed by atoms with Crippen molar-refractivity contribution in [3.63, 3.8) is 0 Å². The van der Waals surface area contributed by atoms with E-state index in [0.717, 1.165) is 48.8 Å². The van der Waals surface area contributed by atoms with Crippen molar-refractivity contribution < 1.29 is 19.1 Å². The fraction of sp³-hybridized carbons (Fsp3) is 0.700. The van der Waals surface area contributed by atoms with Gasteiger partial charge in [-0.05, 0) is 66.4 Å². The lowest BCUT2D eigenvalue weighted by Gasteiger charge is -2.36. The van der Waals surface area contributed by atoms with Crippen molar-refractivity contribution >= 4 is 17.9 Å². The van der Waals surface area contributed by atoms with Gasteiger partial charge in [0.25, 0.3) is 0 Å². The molecule has 37 heavy (non-hydrogen) atoms. The first-order chi connectivity index (χ1) is 17.2. The van der Waals surface area contributed by atoms with E-state index in [1.54, 1.807) is 25.7 Å². The Labute approximate surface area is 225 Å². The molecule has 2 N–H and O–H groups in total. The van der Waals surface area contributed by atoms with Gasteiger partial charge < -0.3 is 20.3 Å². The number of hydrogen-bond donors (Lipinski definition) is 2. The molecule has 1 rings (SSSR count). The molecular weight excluding hydrogens is 466 g/mol. The lowest BCUT2D eigenvalue weighted by Crippen LogP contribution is -2.55. The number of carbonyl (C=O) groups is 3. The van der Waals surface area contributed by atoms with Crippen molar-refractivity contribution in [2.24, 2.45) is 5.92 Å². The van der Waals surface area contributed by atoms with Crippen molar-refractivity contribution in [3.05, 3.63) is 34.9 Å². The highest BCUT2D eigenvalue weighted by molar-refractivity contribution is 5.92. The summed E-state index contributed by atoms with van der Waals surface area (Å²) in [5.74, 6) is -0.697. The summed E-state index contributed by atoms with van der Waals surface area (Å²) in [5, 5.41) is 5.81. The largest absolute Gasteiger partial charge is 0.444 e. The molecule has 210 valence electrons. The lowest BCUT2D eigenvalue weighted by molar-refractivity contribution is -0.143. The summed E-state index contributed by atoms with van der Waals surface area (Å²) in [7, 11) is 0. The Hall–Kier alpha value is -2.57. The number of rotatable bonds is 13. The Morgan fingerprint density at radius 3 is 1.95 bits per heavy atom. The van der Waals surface area contributed by atoms with Gasteiger partial charge in [-0.15, -0.1) is 0 Å². The number of nitrogens with zero attached hydrogens (tertiary/aromatic N) is 1. The molecule has 0 saturated heterocycles. The zero-order valence-electron chi connectivity index (χ0n) is 24.9. The lowest BCUT2D eigenvalue weighted by atomic mass is 9.96. The van der Waals surface area contributed by atoms with Crippen molar-refractivity contribution in [3.8, 4) is 0 Å². The van der Waals surface area contributed by atoms with E-state index in [-0.39, 0.29) is 23.8 Å². The van der Waals surface area contributed by atoms with Crippen LogP contribution in [0, 0.1) is 19.8 Å². The van der Waals surface area contributed by atoms with Crippen LogP contribution in [0.25, 0.3) is 0 Å². The minimum absolute atomic E-state index is 0.0804. The number of ether oxygens (including phenoxy) is 1. The molecule has 3 amide bonds. The average molecular weight is 518 g/mol. The maximum absolute atomic E-state index is 14.2. The number of aryl methyl sites for hydroxylation is 2. The second-order valence-corrected chi connectivity index (χ2v) is 11.8. The van der Waals surface area contributed by atoms with Crippen LogP contribution in [0.1, 0.15) is 110 Å². The molecule has 7 nitrogen and oxygen atoms in total. The normalized spacial score (nSPS) is 13.3. The molecule has 0 aliphatic rings. The van der Waals surface area contributed by atoms with E-state index >= 15 is 0 Å². The average Bonchev–Trinajstić information content (AvgIpc) is 2.73. The van der Waals surface area contributed by atoms with Crippen LogP contribution in [0.3, 0.4) is 0 Å². The highest BCUT2D eigenvalue weighted by Gasteiger charge is 2.37. The zero-order chi connectivity index (χ0) is 28.3. The molecule has 0 aliphatic carbocycles. The van der Waals surface area contributed by atoms with Gasteiger partial charge in [0.15, 0.2) is 0 Å². The summed E-state index contributed by atoms with van der Waals surface area (Å²) >= 11 is 0. The first-order valence-electron chi connectivity index (χ1n) is 13.8. The van der Waals surface area contributed by atoms with Gasteiger partial charge >= 0.3 is 6.09 Å². The van der Waals surface area contributed by atoms with Gasteiger partial charge in [-0.2, -0.15) is 0 Å². The summed E-state index contributed by atoms with van der Waals surface area (Å²) in [6, 6.07) is 4.29. The van der Waals surface area contributed by atoms with Crippen LogP contribution in [0.2, 0.25) is 0 Å².